The molecule has 8 heteroatoms. The molecule has 2 aromatic heterocycles. The molecule has 1 amide bonds. The van der Waals surface area contributed by atoms with Crippen LogP contribution in [-0.4, -0.2) is 23.0 Å². The quantitative estimate of drug-likeness (QED) is 0.454. The summed E-state index contributed by atoms with van der Waals surface area (Å²) < 4.78 is 6.11. The molecule has 2 heterocycles. The molecule has 0 aliphatic rings. The predicted molar refractivity (Wildman–Crippen MR) is 118 cm³/mol. The Morgan fingerprint density at radius 2 is 2.07 bits per heavy atom. The van der Waals surface area contributed by atoms with E-state index in [1.807, 2.05) is 53.9 Å². The number of H-pyrrole nitrogens is 1. The SMILES string of the molecule is COc1cccc(CNC(=O)c2nc3scc(-c4cccc(Br)c4)c3c(=O)[nH]2)c1. The highest BCUT2D eigenvalue weighted by molar-refractivity contribution is 9.10. The zero-order valence-corrected chi connectivity index (χ0v) is 17.8. The van der Waals surface area contributed by atoms with Gasteiger partial charge >= 0.3 is 0 Å². The lowest BCUT2D eigenvalue weighted by atomic mass is 10.1. The third-order valence-corrected chi connectivity index (χ3v) is 5.75. The van der Waals surface area contributed by atoms with Gasteiger partial charge in [-0.25, -0.2) is 4.98 Å². The Bertz CT molecular complexity index is 1270. The second kappa shape index (κ2) is 8.18. The van der Waals surface area contributed by atoms with Gasteiger partial charge in [0.15, 0.2) is 0 Å². The van der Waals surface area contributed by atoms with Crippen molar-refractivity contribution in [1.29, 1.82) is 0 Å². The topological polar surface area (TPSA) is 84.1 Å². The molecule has 0 spiro atoms. The lowest BCUT2D eigenvalue weighted by molar-refractivity contribution is 0.0940. The summed E-state index contributed by atoms with van der Waals surface area (Å²) in [5.41, 5.74) is 2.25. The molecule has 0 unspecified atom stereocenters. The number of amides is 1. The molecule has 0 saturated carbocycles. The summed E-state index contributed by atoms with van der Waals surface area (Å²) in [5.74, 6) is 0.264. The van der Waals surface area contributed by atoms with E-state index >= 15 is 0 Å². The molecule has 0 saturated heterocycles. The monoisotopic (exact) mass is 469 g/mol. The van der Waals surface area contributed by atoms with Crippen LogP contribution >= 0.6 is 27.3 Å². The van der Waals surface area contributed by atoms with Crippen molar-refractivity contribution in [2.45, 2.75) is 6.54 Å². The van der Waals surface area contributed by atoms with Crippen LogP contribution in [0.1, 0.15) is 16.2 Å². The second-order valence-electron chi connectivity index (χ2n) is 6.29. The van der Waals surface area contributed by atoms with Crippen molar-refractivity contribution < 1.29 is 9.53 Å². The zero-order valence-electron chi connectivity index (χ0n) is 15.4. The summed E-state index contributed by atoms with van der Waals surface area (Å²) in [6.45, 7) is 0.297. The lowest BCUT2D eigenvalue weighted by Crippen LogP contribution is -2.27. The highest BCUT2D eigenvalue weighted by atomic mass is 79.9. The summed E-state index contributed by atoms with van der Waals surface area (Å²) in [4.78, 5) is 32.7. The molecular weight excluding hydrogens is 454 g/mol. The number of aromatic nitrogens is 2. The number of hydrogen-bond donors (Lipinski definition) is 2. The summed E-state index contributed by atoms with van der Waals surface area (Å²) in [7, 11) is 1.59. The standard InChI is InChI=1S/C21H16BrN3O3S/c1-28-15-7-2-4-12(8-15)10-23-20(27)18-24-19(26)17-16(11-29-21(17)25-18)13-5-3-6-14(22)9-13/h2-9,11H,10H2,1H3,(H,23,27)(H,24,25,26). The maximum absolute atomic E-state index is 12.7. The Morgan fingerprint density at radius 1 is 1.24 bits per heavy atom. The first-order valence-corrected chi connectivity index (χ1v) is 10.4. The fourth-order valence-corrected chi connectivity index (χ4v) is 4.32. The van der Waals surface area contributed by atoms with Crippen LogP contribution in [0.3, 0.4) is 0 Å². The van der Waals surface area contributed by atoms with Gasteiger partial charge in [-0.05, 0) is 35.4 Å². The van der Waals surface area contributed by atoms with Crippen LogP contribution in [0.25, 0.3) is 21.3 Å². The summed E-state index contributed by atoms with van der Waals surface area (Å²) in [5, 5.41) is 5.14. The number of carbonyl (C=O) groups is 1. The van der Waals surface area contributed by atoms with E-state index in [1.165, 1.54) is 11.3 Å². The molecule has 0 radical (unpaired) electrons. The van der Waals surface area contributed by atoms with Gasteiger partial charge in [0.25, 0.3) is 11.5 Å². The fourth-order valence-electron chi connectivity index (χ4n) is 2.97. The minimum atomic E-state index is -0.441. The van der Waals surface area contributed by atoms with E-state index in [4.69, 9.17) is 4.74 Å². The first-order valence-electron chi connectivity index (χ1n) is 8.74. The zero-order chi connectivity index (χ0) is 20.4. The van der Waals surface area contributed by atoms with Gasteiger partial charge in [-0.2, -0.15) is 0 Å². The number of thiophene rings is 1. The van der Waals surface area contributed by atoms with E-state index in [0.717, 1.165) is 21.2 Å². The summed E-state index contributed by atoms with van der Waals surface area (Å²) >= 11 is 4.78. The number of fused-ring (bicyclic) bond motifs is 1. The minimum absolute atomic E-state index is 0.00645. The average Bonchev–Trinajstić information content (AvgIpc) is 3.17. The molecule has 6 nitrogen and oxygen atoms in total. The van der Waals surface area contributed by atoms with Gasteiger partial charge in [0, 0.05) is 22.0 Å². The van der Waals surface area contributed by atoms with Gasteiger partial charge in [-0.15, -0.1) is 11.3 Å². The van der Waals surface area contributed by atoms with Crippen molar-refractivity contribution in [1.82, 2.24) is 15.3 Å². The van der Waals surface area contributed by atoms with Crippen molar-refractivity contribution in [3.05, 3.63) is 80.1 Å². The van der Waals surface area contributed by atoms with E-state index in [0.29, 0.717) is 22.5 Å². The van der Waals surface area contributed by atoms with Crippen LogP contribution in [0, 0.1) is 0 Å². The van der Waals surface area contributed by atoms with Crippen LogP contribution < -0.4 is 15.6 Å². The van der Waals surface area contributed by atoms with Gasteiger partial charge in [0.05, 0.1) is 12.5 Å². The van der Waals surface area contributed by atoms with Crippen LogP contribution in [0.2, 0.25) is 0 Å². The highest BCUT2D eigenvalue weighted by Gasteiger charge is 2.16. The predicted octanol–water partition coefficient (Wildman–Crippen LogP) is 4.35. The van der Waals surface area contributed by atoms with Crippen molar-refractivity contribution >= 4 is 43.4 Å². The summed E-state index contributed by atoms with van der Waals surface area (Å²) in [6, 6.07) is 15.1. The maximum Gasteiger partial charge on any atom is 0.287 e. The molecule has 4 rings (SSSR count). The number of carbonyl (C=O) groups excluding carboxylic acids is 1. The van der Waals surface area contributed by atoms with Crippen LogP contribution in [0.5, 0.6) is 5.75 Å². The number of aromatic amines is 1. The Balaban J connectivity index is 1.60. The van der Waals surface area contributed by atoms with Gasteiger partial charge in [-0.1, -0.05) is 40.2 Å². The van der Waals surface area contributed by atoms with E-state index < -0.39 is 5.91 Å². The van der Waals surface area contributed by atoms with Crippen molar-refractivity contribution in [2.24, 2.45) is 0 Å². The molecule has 4 aromatic rings. The van der Waals surface area contributed by atoms with Crippen molar-refractivity contribution in [2.75, 3.05) is 7.11 Å². The molecular formula is C21H16BrN3O3S. The number of benzene rings is 2. The minimum Gasteiger partial charge on any atom is -0.497 e. The first kappa shape index (κ1) is 19.4. The third-order valence-electron chi connectivity index (χ3n) is 4.38. The van der Waals surface area contributed by atoms with Crippen molar-refractivity contribution in [3.8, 4) is 16.9 Å². The van der Waals surface area contributed by atoms with Gasteiger partial charge in [0.2, 0.25) is 5.82 Å². The maximum atomic E-state index is 12.7. The van der Waals surface area contributed by atoms with E-state index in [9.17, 15) is 9.59 Å². The molecule has 2 N–H and O–H groups in total. The van der Waals surface area contributed by atoms with Crippen LogP contribution in [-0.2, 0) is 6.54 Å². The average molecular weight is 470 g/mol. The normalized spacial score (nSPS) is 10.8. The van der Waals surface area contributed by atoms with Gasteiger partial charge in [0.1, 0.15) is 10.6 Å². The highest BCUT2D eigenvalue weighted by Crippen LogP contribution is 2.32. The number of hydrogen-bond acceptors (Lipinski definition) is 5. The number of nitrogens with zero attached hydrogens (tertiary/aromatic N) is 1. The molecule has 29 heavy (non-hydrogen) atoms. The molecule has 0 atom stereocenters. The Morgan fingerprint density at radius 3 is 2.86 bits per heavy atom. The molecule has 0 bridgehead atoms. The largest absolute Gasteiger partial charge is 0.497 e. The molecule has 0 aliphatic carbocycles. The van der Waals surface area contributed by atoms with E-state index in [-0.39, 0.29) is 11.4 Å². The van der Waals surface area contributed by atoms with Crippen molar-refractivity contribution in [3.63, 3.8) is 0 Å². The van der Waals surface area contributed by atoms with Gasteiger partial charge < -0.3 is 15.0 Å². The number of ether oxygens (including phenoxy) is 1. The van der Waals surface area contributed by atoms with E-state index in [1.54, 1.807) is 7.11 Å². The molecule has 0 fully saturated rings. The van der Waals surface area contributed by atoms with E-state index in [2.05, 4.69) is 31.2 Å². The smallest absolute Gasteiger partial charge is 0.287 e. The molecule has 2 aromatic carbocycles. The summed E-state index contributed by atoms with van der Waals surface area (Å²) in [6.07, 6.45) is 0. The number of rotatable bonds is 5. The number of methoxy groups -OCH3 is 1. The molecule has 0 aliphatic heterocycles. The Hall–Kier alpha value is -2.97. The van der Waals surface area contributed by atoms with Crippen LogP contribution in [0.15, 0.2) is 63.2 Å². The Labute approximate surface area is 178 Å². The van der Waals surface area contributed by atoms with Gasteiger partial charge in [-0.3, -0.25) is 9.59 Å². The van der Waals surface area contributed by atoms with Crippen LogP contribution in [0.4, 0.5) is 0 Å². The first-order chi connectivity index (χ1) is 14.0. The number of halogens is 1. The third kappa shape index (κ3) is 4.08. The lowest BCUT2D eigenvalue weighted by Gasteiger charge is -2.07. The fraction of sp³-hybridized carbons (Fsp3) is 0.0952. The second-order valence-corrected chi connectivity index (χ2v) is 8.06. The molecule has 146 valence electrons. The number of nitrogens with one attached hydrogen (secondary N) is 2. The Kier molecular flexibility index (Phi) is 5.46.